The number of esters is 1. The second-order valence-electron chi connectivity index (χ2n) is 7.50. The minimum atomic E-state index is -0.650. The number of rotatable bonds is 2. The molecule has 0 aromatic heterocycles. The van der Waals surface area contributed by atoms with Gasteiger partial charge in [-0.05, 0) is 39.3 Å². The molecule has 2 atom stereocenters. The fourth-order valence-electron chi connectivity index (χ4n) is 3.34. The van der Waals surface area contributed by atoms with E-state index < -0.39 is 17.6 Å². The van der Waals surface area contributed by atoms with E-state index in [1.807, 2.05) is 0 Å². The highest BCUT2D eigenvalue weighted by Gasteiger charge is 2.45. The fourth-order valence-corrected chi connectivity index (χ4v) is 3.34. The topological polar surface area (TPSA) is 92.9 Å². The summed E-state index contributed by atoms with van der Waals surface area (Å²) >= 11 is 0. The maximum absolute atomic E-state index is 13.1. The number of hydrogen-bond donors (Lipinski definition) is 1. The zero-order valence-electron chi connectivity index (χ0n) is 14.7. The third-order valence-corrected chi connectivity index (χ3v) is 4.28. The van der Waals surface area contributed by atoms with Crippen molar-refractivity contribution in [2.45, 2.75) is 44.9 Å². The molecule has 0 saturated carbocycles. The summed E-state index contributed by atoms with van der Waals surface area (Å²) in [6.45, 7) is 5.41. The fraction of sp³-hybridized carbons (Fsp3) is 0.500. The van der Waals surface area contributed by atoms with Gasteiger partial charge in [0.1, 0.15) is 18.2 Å². The van der Waals surface area contributed by atoms with Crippen LogP contribution in [0.5, 0.6) is 0 Å². The molecule has 7 heteroatoms. The van der Waals surface area contributed by atoms with Crippen LogP contribution in [-0.2, 0) is 14.3 Å². The summed E-state index contributed by atoms with van der Waals surface area (Å²) in [4.78, 5) is 41.1. The first-order chi connectivity index (χ1) is 11.7. The van der Waals surface area contributed by atoms with Crippen molar-refractivity contribution in [1.82, 2.24) is 4.90 Å². The summed E-state index contributed by atoms with van der Waals surface area (Å²) in [7, 11) is 0. The van der Waals surface area contributed by atoms with Crippen molar-refractivity contribution in [2.24, 2.45) is 5.73 Å². The summed E-state index contributed by atoms with van der Waals surface area (Å²) in [6.07, 6.45) is 0.392. The largest absolute Gasteiger partial charge is 0.459 e. The number of ether oxygens (including phenoxy) is 1. The highest BCUT2D eigenvalue weighted by Crippen LogP contribution is 2.32. The zero-order valence-corrected chi connectivity index (χ0v) is 14.7. The molecular weight excluding hydrogens is 322 g/mol. The van der Waals surface area contributed by atoms with Crippen molar-refractivity contribution >= 4 is 23.5 Å². The molecule has 1 fully saturated rings. The molecule has 0 spiro atoms. The molecule has 3 rings (SSSR count). The Balaban J connectivity index is 1.98. The lowest BCUT2D eigenvalue weighted by Gasteiger charge is -2.27. The average molecular weight is 345 g/mol. The Morgan fingerprint density at radius 2 is 1.96 bits per heavy atom. The molecule has 25 heavy (non-hydrogen) atoms. The highest BCUT2D eigenvalue weighted by atomic mass is 16.6. The van der Waals surface area contributed by atoms with Crippen LogP contribution in [0.15, 0.2) is 24.3 Å². The Morgan fingerprint density at radius 3 is 2.64 bits per heavy atom. The van der Waals surface area contributed by atoms with Crippen LogP contribution in [0.1, 0.15) is 37.6 Å². The monoisotopic (exact) mass is 345 g/mol. The van der Waals surface area contributed by atoms with Gasteiger partial charge < -0.3 is 15.4 Å². The van der Waals surface area contributed by atoms with Gasteiger partial charge in [-0.2, -0.15) is 0 Å². The normalized spacial score (nSPS) is 23.2. The van der Waals surface area contributed by atoms with E-state index in [2.05, 4.69) is 0 Å². The first-order valence-corrected chi connectivity index (χ1v) is 8.36. The van der Waals surface area contributed by atoms with Crippen molar-refractivity contribution in [2.75, 3.05) is 18.0 Å². The third kappa shape index (κ3) is 3.37. The molecule has 0 radical (unpaired) electrons. The smallest absolute Gasteiger partial charge is 0.326 e. The van der Waals surface area contributed by atoms with Crippen LogP contribution in [-0.4, -0.2) is 53.5 Å². The molecule has 0 bridgehead atoms. The molecule has 1 aromatic carbocycles. The van der Waals surface area contributed by atoms with E-state index in [-0.39, 0.29) is 24.4 Å². The molecule has 2 N–H and O–H groups in total. The quantitative estimate of drug-likeness (QED) is 0.805. The Labute approximate surface area is 146 Å². The minimum absolute atomic E-state index is 0.228. The Bertz CT molecular complexity index is 725. The maximum Gasteiger partial charge on any atom is 0.326 e. The molecule has 0 unspecified atom stereocenters. The summed E-state index contributed by atoms with van der Waals surface area (Å²) < 4.78 is 5.35. The first kappa shape index (κ1) is 17.4. The standard InChI is InChI=1S/C18H23N3O4/c1-18(2,3)25-15(22)10-21-13-7-5-4-6-12(13)16(23)20-9-11(19)8-14(20)17(21)24/h4-7,11,14H,8-10,19H2,1-3H3/t11-,14-/m0/s1. The van der Waals surface area contributed by atoms with E-state index in [9.17, 15) is 14.4 Å². The second-order valence-corrected chi connectivity index (χ2v) is 7.50. The number of nitrogens with two attached hydrogens (primary N) is 1. The van der Waals surface area contributed by atoms with Gasteiger partial charge in [0.25, 0.3) is 5.91 Å². The molecule has 2 aliphatic heterocycles. The van der Waals surface area contributed by atoms with E-state index in [4.69, 9.17) is 10.5 Å². The number of benzene rings is 1. The number of fused-ring (bicyclic) bond motifs is 2. The van der Waals surface area contributed by atoms with E-state index in [0.29, 0.717) is 24.2 Å². The van der Waals surface area contributed by atoms with Crippen molar-refractivity contribution in [1.29, 1.82) is 0 Å². The number of amides is 2. The lowest BCUT2D eigenvalue weighted by atomic mass is 10.1. The highest BCUT2D eigenvalue weighted by molar-refractivity contribution is 6.12. The predicted molar refractivity (Wildman–Crippen MR) is 92.1 cm³/mol. The van der Waals surface area contributed by atoms with E-state index in [1.165, 1.54) is 9.80 Å². The summed E-state index contributed by atoms with van der Waals surface area (Å²) in [5.41, 5.74) is 6.15. The van der Waals surface area contributed by atoms with Crippen LogP contribution in [0.4, 0.5) is 5.69 Å². The molecule has 2 amide bonds. The van der Waals surface area contributed by atoms with Gasteiger partial charge in [0.05, 0.1) is 11.3 Å². The van der Waals surface area contributed by atoms with Gasteiger partial charge in [-0.1, -0.05) is 12.1 Å². The molecule has 7 nitrogen and oxygen atoms in total. The summed E-state index contributed by atoms with van der Waals surface area (Å²) in [6, 6.07) is 5.94. The Hall–Kier alpha value is -2.41. The van der Waals surface area contributed by atoms with Crippen molar-refractivity contribution in [3.05, 3.63) is 29.8 Å². The van der Waals surface area contributed by atoms with Gasteiger partial charge in [-0.15, -0.1) is 0 Å². The van der Waals surface area contributed by atoms with Crippen molar-refractivity contribution in [3.63, 3.8) is 0 Å². The average Bonchev–Trinajstić information content (AvgIpc) is 2.88. The summed E-state index contributed by atoms with van der Waals surface area (Å²) in [5.74, 6) is -1.04. The first-order valence-electron chi connectivity index (χ1n) is 8.36. The van der Waals surface area contributed by atoms with Gasteiger partial charge >= 0.3 is 5.97 Å². The summed E-state index contributed by atoms with van der Waals surface area (Å²) in [5, 5.41) is 0. The van der Waals surface area contributed by atoms with Crippen molar-refractivity contribution < 1.29 is 19.1 Å². The number of carbonyl (C=O) groups excluding carboxylic acids is 3. The molecule has 134 valence electrons. The van der Waals surface area contributed by atoms with E-state index in [1.54, 1.807) is 45.0 Å². The lowest BCUT2D eigenvalue weighted by molar-refractivity contribution is -0.153. The number of anilines is 1. The van der Waals surface area contributed by atoms with Crippen LogP contribution in [0, 0.1) is 0 Å². The molecule has 2 aliphatic rings. The number of para-hydroxylation sites is 1. The van der Waals surface area contributed by atoms with Gasteiger partial charge in [-0.25, -0.2) is 0 Å². The van der Waals surface area contributed by atoms with Crippen LogP contribution in [0.2, 0.25) is 0 Å². The van der Waals surface area contributed by atoms with Crippen molar-refractivity contribution in [3.8, 4) is 0 Å². The van der Waals surface area contributed by atoms with Gasteiger partial charge in [0.15, 0.2) is 0 Å². The van der Waals surface area contributed by atoms with Gasteiger partial charge in [-0.3, -0.25) is 19.3 Å². The molecule has 1 aromatic rings. The molecule has 1 saturated heterocycles. The second kappa shape index (κ2) is 6.15. The third-order valence-electron chi connectivity index (χ3n) is 4.28. The van der Waals surface area contributed by atoms with Crippen LogP contribution >= 0.6 is 0 Å². The number of carbonyl (C=O) groups is 3. The van der Waals surface area contributed by atoms with Gasteiger partial charge in [0, 0.05) is 12.6 Å². The minimum Gasteiger partial charge on any atom is -0.459 e. The zero-order chi connectivity index (χ0) is 18.4. The maximum atomic E-state index is 13.1. The SMILES string of the molecule is CC(C)(C)OC(=O)CN1C(=O)[C@@H]2C[C@H](N)CN2C(=O)c2ccccc21. The Morgan fingerprint density at radius 1 is 1.28 bits per heavy atom. The van der Waals surface area contributed by atoms with Crippen LogP contribution < -0.4 is 10.6 Å². The molecule has 2 heterocycles. The van der Waals surface area contributed by atoms with E-state index >= 15 is 0 Å². The van der Waals surface area contributed by atoms with Crippen LogP contribution in [0.3, 0.4) is 0 Å². The number of hydrogen-bond acceptors (Lipinski definition) is 5. The van der Waals surface area contributed by atoms with Crippen LogP contribution in [0.25, 0.3) is 0 Å². The van der Waals surface area contributed by atoms with Gasteiger partial charge in [0.2, 0.25) is 5.91 Å². The Kier molecular flexibility index (Phi) is 4.28. The lowest BCUT2D eigenvalue weighted by Crippen LogP contribution is -2.47. The van der Waals surface area contributed by atoms with E-state index in [0.717, 1.165) is 0 Å². The molecule has 0 aliphatic carbocycles. The molecular formula is C18H23N3O4. The predicted octanol–water partition coefficient (Wildman–Crippen LogP) is 0.917. The number of nitrogens with zero attached hydrogens (tertiary/aromatic N) is 2.